The van der Waals surface area contributed by atoms with Gasteiger partial charge in [-0.25, -0.2) is 9.97 Å². The van der Waals surface area contributed by atoms with Crippen LogP contribution in [0, 0.1) is 0 Å². The van der Waals surface area contributed by atoms with Gasteiger partial charge in [-0.1, -0.05) is 27.5 Å². The van der Waals surface area contributed by atoms with Gasteiger partial charge in [0, 0.05) is 16.9 Å². The van der Waals surface area contributed by atoms with Crippen molar-refractivity contribution in [2.75, 3.05) is 11.1 Å². The zero-order valence-corrected chi connectivity index (χ0v) is 12.0. The summed E-state index contributed by atoms with van der Waals surface area (Å²) in [5.41, 5.74) is 7.19. The fourth-order valence-corrected chi connectivity index (χ4v) is 2.47. The van der Waals surface area contributed by atoms with Crippen molar-refractivity contribution in [2.45, 2.75) is 0 Å². The van der Waals surface area contributed by atoms with E-state index in [9.17, 15) is 0 Å². The molecule has 2 aromatic heterocycles. The van der Waals surface area contributed by atoms with Crippen LogP contribution in [0.4, 0.5) is 17.3 Å². The molecule has 3 N–H and O–H groups in total. The minimum atomic E-state index is 0.404. The third-order valence-electron chi connectivity index (χ3n) is 2.58. The number of benzene rings is 1. The highest BCUT2D eigenvalue weighted by Gasteiger charge is 2.08. The fourth-order valence-electron chi connectivity index (χ4n) is 1.75. The van der Waals surface area contributed by atoms with Gasteiger partial charge in [-0.15, -0.1) is 0 Å². The maximum absolute atomic E-state index is 6.17. The zero-order chi connectivity index (χ0) is 13.4. The van der Waals surface area contributed by atoms with Gasteiger partial charge < -0.3 is 15.5 Å². The molecule has 0 aliphatic carbocycles. The molecule has 0 saturated heterocycles. The second kappa shape index (κ2) is 4.71. The first-order valence-electron chi connectivity index (χ1n) is 5.45. The molecular formula is C12H9BrClN5. The molecule has 0 unspecified atom stereocenters. The Morgan fingerprint density at radius 1 is 1.37 bits per heavy atom. The number of halogens is 2. The Hall–Kier alpha value is -1.79. The molecule has 0 amide bonds. The Kier molecular flexibility index (Phi) is 3.04. The van der Waals surface area contributed by atoms with Gasteiger partial charge >= 0.3 is 0 Å². The monoisotopic (exact) mass is 337 g/mol. The first-order valence-corrected chi connectivity index (χ1v) is 6.62. The van der Waals surface area contributed by atoms with Crippen molar-refractivity contribution >= 4 is 50.5 Å². The Morgan fingerprint density at radius 3 is 3.00 bits per heavy atom. The van der Waals surface area contributed by atoms with Crippen LogP contribution < -0.4 is 11.1 Å². The average Bonchev–Trinajstić information content (AvgIpc) is 2.80. The summed E-state index contributed by atoms with van der Waals surface area (Å²) in [6.45, 7) is 0. The lowest BCUT2D eigenvalue weighted by Gasteiger charge is -2.09. The van der Waals surface area contributed by atoms with Gasteiger partial charge in [0.2, 0.25) is 0 Å². The van der Waals surface area contributed by atoms with E-state index >= 15 is 0 Å². The quantitative estimate of drug-likeness (QED) is 0.751. The molecule has 19 heavy (non-hydrogen) atoms. The number of imidazole rings is 1. The smallest absolute Gasteiger partial charge is 0.180 e. The van der Waals surface area contributed by atoms with E-state index in [1.54, 1.807) is 22.9 Å². The van der Waals surface area contributed by atoms with Crippen LogP contribution in [0.5, 0.6) is 0 Å². The van der Waals surface area contributed by atoms with Gasteiger partial charge in [0.05, 0.1) is 16.9 Å². The topological polar surface area (TPSA) is 68.2 Å². The van der Waals surface area contributed by atoms with Crippen LogP contribution in [0.3, 0.4) is 0 Å². The number of anilines is 3. The van der Waals surface area contributed by atoms with Gasteiger partial charge in [0.25, 0.3) is 0 Å². The largest absolute Gasteiger partial charge is 0.382 e. The summed E-state index contributed by atoms with van der Waals surface area (Å²) in [6, 6.07) is 5.55. The van der Waals surface area contributed by atoms with E-state index in [2.05, 4.69) is 31.2 Å². The third kappa shape index (κ3) is 2.36. The Bertz CT molecular complexity index is 755. The predicted octanol–water partition coefficient (Wildman–Crippen LogP) is 3.47. The van der Waals surface area contributed by atoms with Crippen LogP contribution in [-0.4, -0.2) is 14.4 Å². The van der Waals surface area contributed by atoms with Crippen LogP contribution in [0.25, 0.3) is 5.65 Å². The number of nitrogens with two attached hydrogens (primary N) is 1. The van der Waals surface area contributed by atoms with Crippen LogP contribution in [0.2, 0.25) is 5.02 Å². The standard InChI is InChI=1S/C12H9BrClN5/c13-7-1-2-9(8(14)5-7)17-11-12-16-3-4-19(12)6-10(15)18-11/h1-6H,15H2,(H,17,18). The number of nitrogens with zero attached hydrogens (tertiary/aromatic N) is 3. The SMILES string of the molecule is Nc1cn2ccnc2c(Nc2ccc(Br)cc2Cl)n1. The fraction of sp³-hybridized carbons (Fsp3) is 0. The van der Waals surface area contributed by atoms with Crippen molar-refractivity contribution in [1.29, 1.82) is 0 Å². The Labute approximate surface area is 122 Å². The molecule has 1 aromatic carbocycles. The highest BCUT2D eigenvalue weighted by Crippen LogP contribution is 2.29. The molecule has 0 radical (unpaired) electrons. The molecular weight excluding hydrogens is 330 g/mol. The first kappa shape index (κ1) is 12.3. The van der Waals surface area contributed by atoms with Gasteiger partial charge in [-0.2, -0.15) is 0 Å². The highest BCUT2D eigenvalue weighted by atomic mass is 79.9. The number of rotatable bonds is 2. The van der Waals surface area contributed by atoms with Gasteiger partial charge in [0.1, 0.15) is 5.82 Å². The maximum atomic E-state index is 6.17. The van der Waals surface area contributed by atoms with Crippen molar-refractivity contribution in [3.05, 3.63) is 46.3 Å². The van der Waals surface area contributed by atoms with E-state index in [-0.39, 0.29) is 0 Å². The molecule has 0 spiro atoms. The molecule has 3 aromatic rings. The van der Waals surface area contributed by atoms with Crippen LogP contribution >= 0.6 is 27.5 Å². The molecule has 7 heteroatoms. The van der Waals surface area contributed by atoms with Crippen molar-refractivity contribution in [3.8, 4) is 0 Å². The molecule has 5 nitrogen and oxygen atoms in total. The second-order valence-corrected chi connectivity index (χ2v) is 5.24. The summed E-state index contributed by atoms with van der Waals surface area (Å²) >= 11 is 9.53. The van der Waals surface area contributed by atoms with Crippen LogP contribution in [0.1, 0.15) is 0 Å². The summed E-state index contributed by atoms with van der Waals surface area (Å²) in [6.07, 6.45) is 5.20. The number of fused-ring (bicyclic) bond motifs is 1. The van der Waals surface area contributed by atoms with Crippen molar-refractivity contribution in [3.63, 3.8) is 0 Å². The summed E-state index contributed by atoms with van der Waals surface area (Å²) < 4.78 is 2.71. The van der Waals surface area contributed by atoms with Crippen LogP contribution in [0.15, 0.2) is 41.3 Å². The van der Waals surface area contributed by atoms with Gasteiger partial charge in [-0.3, -0.25) is 0 Å². The highest BCUT2D eigenvalue weighted by molar-refractivity contribution is 9.10. The Morgan fingerprint density at radius 2 is 2.21 bits per heavy atom. The number of nitrogens with one attached hydrogen (secondary N) is 1. The lowest BCUT2D eigenvalue weighted by molar-refractivity contribution is 1.14. The number of nitrogen functional groups attached to an aromatic ring is 1. The third-order valence-corrected chi connectivity index (χ3v) is 3.38. The summed E-state index contributed by atoms with van der Waals surface area (Å²) in [5, 5.41) is 3.73. The molecule has 0 aliphatic rings. The normalized spacial score (nSPS) is 10.8. The number of aromatic nitrogens is 3. The van der Waals surface area contributed by atoms with Crippen molar-refractivity contribution in [2.24, 2.45) is 0 Å². The maximum Gasteiger partial charge on any atom is 0.180 e. The minimum Gasteiger partial charge on any atom is -0.382 e. The van der Waals surface area contributed by atoms with Crippen molar-refractivity contribution < 1.29 is 0 Å². The lowest BCUT2D eigenvalue weighted by Crippen LogP contribution is -2.02. The molecule has 3 rings (SSSR count). The number of hydrogen-bond acceptors (Lipinski definition) is 4. The molecule has 2 heterocycles. The van der Waals surface area contributed by atoms with E-state index < -0.39 is 0 Å². The molecule has 0 saturated carbocycles. The predicted molar refractivity (Wildman–Crippen MR) is 79.8 cm³/mol. The summed E-state index contributed by atoms with van der Waals surface area (Å²) in [4.78, 5) is 8.48. The summed E-state index contributed by atoms with van der Waals surface area (Å²) in [7, 11) is 0. The van der Waals surface area contributed by atoms with Gasteiger partial charge in [-0.05, 0) is 18.2 Å². The average molecular weight is 339 g/mol. The van der Waals surface area contributed by atoms with E-state index in [0.717, 1.165) is 10.2 Å². The Balaban J connectivity index is 2.07. The summed E-state index contributed by atoms with van der Waals surface area (Å²) in [5.74, 6) is 0.968. The van der Waals surface area contributed by atoms with E-state index in [1.165, 1.54) is 0 Å². The van der Waals surface area contributed by atoms with Crippen LogP contribution in [-0.2, 0) is 0 Å². The molecule has 0 aliphatic heterocycles. The minimum absolute atomic E-state index is 0.404. The van der Waals surface area contributed by atoms with Crippen molar-refractivity contribution in [1.82, 2.24) is 14.4 Å². The molecule has 0 atom stereocenters. The first-order chi connectivity index (χ1) is 9.13. The molecule has 96 valence electrons. The lowest BCUT2D eigenvalue weighted by atomic mass is 10.3. The van der Waals surface area contributed by atoms with E-state index in [1.807, 2.05) is 18.3 Å². The number of hydrogen-bond donors (Lipinski definition) is 2. The van der Waals surface area contributed by atoms with E-state index in [0.29, 0.717) is 22.3 Å². The second-order valence-electron chi connectivity index (χ2n) is 3.92. The molecule has 0 bridgehead atoms. The van der Waals surface area contributed by atoms with Gasteiger partial charge in [0.15, 0.2) is 11.5 Å². The molecule has 0 fully saturated rings. The van der Waals surface area contributed by atoms with E-state index in [4.69, 9.17) is 17.3 Å². The zero-order valence-electron chi connectivity index (χ0n) is 9.64.